The number of fused-ring (bicyclic) bond motifs is 1. The molecule has 1 unspecified atom stereocenters. The van der Waals surface area contributed by atoms with E-state index in [1.165, 1.54) is 11.1 Å². The normalized spacial score (nSPS) is 20.5. The fourth-order valence-corrected chi connectivity index (χ4v) is 4.25. The maximum Gasteiger partial charge on any atom is 0.227 e. The lowest BCUT2D eigenvalue weighted by Crippen LogP contribution is -2.41. The number of halogens is 1. The molecule has 2 heterocycles. The Kier molecular flexibility index (Phi) is 4.91. The van der Waals surface area contributed by atoms with Crippen LogP contribution >= 0.6 is 15.9 Å². The van der Waals surface area contributed by atoms with Gasteiger partial charge in [0.15, 0.2) is 0 Å². The molecule has 2 aliphatic rings. The Hall–Kier alpha value is -1.65. The predicted molar refractivity (Wildman–Crippen MR) is 103 cm³/mol. The third-order valence-electron chi connectivity index (χ3n) is 5.46. The Morgan fingerprint density at radius 2 is 1.80 bits per heavy atom. The molecule has 25 heavy (non-hydrogen) atoms. The lowest BCUT2D eigenvalue weighted by Gasteiger charge is -2.33. The molecule has 2 aromatic rings. The van der Waals surface area contributed by atoms with E-state index in [1.54, 1.807) is 0 Å². The minimum atomic E-state index is 0.252. The highest BCUT2D eigenvalue weighted by atomic mass is 79.9. The number of hydrogen-bond donors (Lipinski definition) is 0. The number of carbonyl (C=O) groups is 1. The lowest BCUT2D eigenvalue weighted by atomic mass is 9.98. The van der Waals surface area contributed by atoms with Crippen LogP contribution in [0.15, 0.2) is 53.0 Å². The molecule has 0 bridgehead atoms. The Bertz CT molecular complexity index is 759. The summed E-state index contributed by atoms with van der Waals surface area (Å²) in [6.07, 6.45) is 2.72. The molecule has 3 nitrogen and oxygen atoms in total. The van der Waals surface area contributed by atoms with E-state index >= 15 is 0 Å². The van der Waals surface area contributed by atoms with Crippen molar-refractivity contribution in [3.05, 3.63) is 69.7 Å². The molecule has 0 aliphatic carbocycles. The Morgan fingerprint density at radius 1 is 1.04 bits per heavy atom. The smallest absolute Gasteiger partial charge is 0.227 e. The summed E-state index contributed by atoms with van der Waals surface area (Å²) in [6.45, 7) is 3.89. The van der Waals surface area contributed by atoms with E-state index < -0.39 is 0 Å². The summed E-state index contributed by atoms with van der Waals surface area (Å²) in [5.74, 6) is 0.252. The average Bonchev–Trinajstić information content (AvgIpc) is 3.13. The van der Waals surface area contributed by atoms with Crippen LogP contribution in [0.25, 0.3) is 0 Å². The molecule has 0 spiro atoms. The molecule has 1 amide bonds. The summed E-state index contributed by atoms with van der Waals surface area (Å²) in [7, 11) is 0. The van der Waals surface area contributed by atoms with Crippen molar-refractivity contribution in [2.24, 2.45) is 0 Å². The van der Waals surface area contributed by atoms with E-state index in [1.807, 2.05) is 29.2 Å². The summed E-state index contributed by atoms with van der Waals surface area (Å²) in [5.41, 5.74) is 4.02. The van der Waals surface area contributed by atoms with Crippen molar-refractivity contribution in [2.45, 2.75) is 31.8 Å². The van der Waals surface area contributed by atoms with E-state index in [4.69, 9.17) is 0 Å². The third kappa shape index (κ3) is 3.80. The highest BCUT2D eigenvalue weighted by molar-refractivity contribution is 9.10. The van der Waals surface area contributed by atoms with E-state index in [0.717, 1.165) is 49.1 Å². The van der Waals surface area contributed by atoms with Gasteiger partial charge in [0.05, 0.1) is 6.42 Å². The van der Waals surface area contributed by atoms with Crippen molar-refractivity contribution in [1.82, 2.24) is 9.80 Å². The molecule has 0 aromatic heterocycles. The summed E-state index contributed by atoms with van der Waals surface area (Å²) in [6, 6.07) is 17.3. The van der Waals surface area contributed by atoms with Gasteiger partial charge in [0.2, 0.25) is 5.91 Å². The first-order chi connectivity index (χ1) is 12.2. The average molecular weight is 399 g/mol. The molecule has 0 saturated carbocycles. The minimum Gasteiger partial charge on any atom is -0.341 e. The predicted octanol–water partition coefficient (Wildman–Crippen LogP) is 3.65. The number of hydrogen-bond acceptors (Lipinski definition) is 2. The van der Waals surface area contributed by atoms with Crippen LogP contribution in [-0.2, 0) is 24.2 Å². The second kappa shape index (κ2) is 7.30. The van der Waals surface area contributed by atoms with Gasteiger partial charge in [-0.2, -0.15) is 0 Å². The van der Waals surface area contributed by atoms with Crippen LogP contribution in [0.5, 0.6) is 0 Å². The summed E-state index contributed by atoms with van der Waals surface area (Å²) in [4.78, 5) is 17.2. The van der Waals surface area contributed by atoms with Crippen molar-refractivity contribution in [3.8, 4) is 0 Å². The van der Waals surface area contributed by atoms with E-state index in [-0.39, 0.29) is 5.91 Å². The fraction of sp³-hybridized carbons (Fsp3) is 0.381. The van der Waals surface area contributed by atoms with Crippen LogP contribution in [0.2, 0.25) is 0 Å². The number of likely N-dealkylation sites (tertiary alicyclic amines) is 1. The van der Waals surface area contributed by atoms with Gasteiger partial charge >= 0.3 is 0 Å². The SMILES string of the molecule is O=C(Cc1ccc(Br)cc1)N1CCC(N2CCc3ccccc3C2)C1. The number of benzene rings is 2. The molecular formula is C21H23BrN2O. The zero-order valence-corrected chi connectivity index (χ0v) is 15.9. The van der Waals surface area contributed by atoms with Gasteiger partial charge in [-0.25, -0.2) is 0 Å². The monoisotopic (exact) mass is 398 g/mol. The first-order valence-electron chi connectivity index (χ1n) is 9.02. The van der Waals surface area contributed by atoms with E-state index in [0.29, 0.717) is 12.5 Å². The van der Waals surface area contributed by atoms with Gasteiger partial charge in [-0.3, -0.25) is 9.69 Å². The largest absolute Gasteiger partial charge is 0.341 e. The van der Waals surface area contributed by atoms with Crippen molar-refractivity contribution in [3.63, 3.8) is 0 Å². The molecule has 0 radical (unpaired) electrons. The molecule has 4 heteroatoms. The van der Waals surface area contributed by atoms with Crippen LogP contribution in [0, 0.1) is 0 Å². The minimum absolute atomic E-state index is 0.252. The second-order valence-electron chi connectivity index (χ2n) is 7.07. The molecule has 1 atom stereocenters. The van der Waals surface area contributed by atoms with Gasteiger partial charge in [-0.05, 0) is 41.7 Å². The fourth-order valence-electron chi connectivity index (χ4n) is 3.98. The van der Waals surface area contributed by atoms with E-state index in [9.17, 15) is 4.79 Å². The maximum absolute atomic E-state index is 12.6. The Balaban J connectivity index is 1.35. The van der Waals surface area contributed by atoms with Gasteiger partial charge in [-0.15, -0.1) is 0 Å². The number of carbonyl (C=O) groups excluding carboxylic acids is 1. The molecule has 1 fully saturated rings. The van der Waals surface area contributed by atoms with Gasteiger partial charge in [0.1, 0.15) is 0 Å². The standard InChI is InChI=1S/C21H23BrN2O/c22-19-7-5-16(6-8-19)13-21(25)24-12-10-20(15-24)23-11-9-17-3-1-2-4-18(17)14-23/h1-8,20H,9-15H2. The topological polar surface area (TPSA) is 23.6 Å². The zero-order valence-electron chi connectivity index (χ0n) is 14.3. The molecule has 4 rings (SSSR count). The second-order valence-corrected chi connectivity index (χ2v) is 7.99. The Labute approximate surface area is 157 Å². The molecule has 130 valence electrons. The third-order valence-corrected chi connectivity index (χ3v) is 5.99. The summed E-state index contributed by atoms with van der Waals surface area (Å²) < 4.78 is 1.05. The van der Waals surface area contributed by atoms with Crippen LogP contribution in [0.1, 0.15) is 23.1 Å². The highest BCUT2D eigenvalue weighted by Gasteiger charge is 2.31. The van der Waals surface area contributed by atoms with Gasteiger partial charge in [0, 0.05) is 36.7 Å². The van der Waals surface area contributed by atoms with Gasteiger partial charge in [-0.1, -0.05) is 52.3 Å². The van der Waals surface area contributed by atoms with Crippen LogP contribution in [0.3, 0.4) is 0 Å². The van der Waals surface area contributed by atoms with Gasteiger partial charge < -0.3 is 4.90 Å². The Morgan fingerprint density at radius 3 is 2.60 bits per heavy atom. The van der Waals surface area contributed by atoms with Crippen molar-refractivity contribution < 1.29 is 4.79 Å². The summed E-state index contributed by atoms with van der Waals surface area (Å²) >= 11 is 3.44. The van der Waals surface area contributed by atoms with Crippen molar-refractivity contribution >= 4 is 21.8 Å². The first-order valence-corrected chi connectivity index (χ1v) is 9.81. The van der Waals surface area contributed by atoms with Crippen molar-refractivity contribution in [2.75, 3.05) is 19.6 Å². The summed E-state index contributed by atoms with van der Waals surface area (Å²) in [5, 5.41) is 0. The number of amides is 1. The zero-order chi connectivity index (χ0) is 17.2. The van der Waals surface area contributed by atoms with Crippen molar-refractivity contribution in [1.29, 1.82) is 0 Å². The molecule has 2 aliphatic heterocycles. The highest BCUT2D eigenvalue weighted by Crippen LogP contribution is 2.25. The first kappa shape index (κ1) is 16.8. The molecule has 2 aromatic carbocycles. The molecule has 0 N–H and O–H groups in total. The quantitative estimate of drug-likeness (QED) is 0.787. The van der Waals surface area contributed by atoms with E-state index in [2.05, 4.69) is 45.1 Å². The maximum atomic E-state index is 12.6. The van der Waals surface area contributed by atoms with Crippen LogP contribution < -0.4 is 0 Å². The van der Waals surface area contributed by atoms with Crippen LogP contribution in [0.4, 0.5) is 0 Å². The molecular weight excluding hydrogens is 376 g/mol. The van der Waals surface area contributed by atoms with Gasteiger partial charge in [0.25, 0.3) is 0 Å². The number of rotatable bonds is 3. The number of nitrogens with zero attached hydrogens (tertiary/aromatic N) is 2. The molecule has 1 saturated heterocycles. The van der Waals surface area contributed by atoms with Crippen LogP contribution in [-0.4, -0.2) is 41.4 Å². The lowest BCUT2D eigenvalue weighted by molar-refractivity contribution is -0.129.